The van der Waals surface area contributed by atoms with Gasteiger partial charge in [0.15, 0.2) is 12.2 Å². The number of halogens is 1. The van der Waals surface area contributed by atoms with Crippen molar-refractivity contribution in [2.24, 2.45) is 11.8 Å². The molecule has 2 saturated heterocycles. The molecule has 0 radical (unpaired) electrons. The molecule has 0 saturated carbocycles. The molecule has 9 nitrogen and oxygen atoms in total. The van der Waals surface area contributed by atoms with Gasteiger partial charge in [0.2, 0.25) is 5.91 Å². The molecule has 3 amide bonds. The Bertz CT molecular complexity index is 1720. The largest absolute Gasteiger partial charge is 0.482 e. The van der Waals surface area contributed by atoms with Crippen LogP contribution in [0.25, 0.3) is 0 Å². The third-order valence-corrected chi connectivity index (χ3v) is 10.4. The molecule has 4 aliphatic rings. The van der Waals surface area contributed by atoms with Crippen molar-refractivity contribution < 1.29 is 33.4 Å². The first-order chi connectivity index (χ1) is 22.5. The maximum Gasteiger partial charge on any atom is 0.269 e. The fraction of sp³-hybridized carbons (Fsp3) is 0.432. The quantitative estimate of drug-likeness (QED) is 0.378. The Morgan fingerprint density at radius 3 is 2.55 bits per heavy atom. The lowest BCUT2D eigenvalue weighted by atomic mass is 9.71. The molecule has 1 N–H and O–H groups in total. The number of anilines is 3. The van der Waals surface area contributed by atoms with Crippen LogP contribution >= 0.6 is 0 Å². The first kappa shape index (κ1) is 31.3. The van der Waals surface area contributed by atoms with Gasteiger partial charge in [0.25, 0.3) is 11.8 Å². The van der Waals surface area contributed by atoms with E-state index in [9.17, 15) is 19.5 Å². The number of para-hydroxylation sites is 3. The number of hydrogen-bond donors (Lipinski definition) is 1. The number of hydrogen-bond acceptors (Lipinski definition) is 6. The molecule has 3 aromatic carbocycles. The Balaban J connectivity index is 1.21. The normalized spacial score (nSPS) is 27.0. The average Bonchev–Trinajstić information content (AvgIpc) is 3.71. The number of ether oxygens (including phenoxy) is 2. The fourth-order valence-corrected chi connectivity index (χ4v) is 8.36. The Hall–Kier alpha value is -4.28. The van der Waals surface area contributed by atoms with Crippen molar-refractivity contribution >= 4 is 34.8 Å². The van der Waals surface area contributed by atoms with Crippen LogP contribution in [0.4, 0.5) is 21.5 Å². The second kappa shape index (κ2) is 11.8. The highest BCUT2D eigenvalue weighted by Gasteiger charge is 2.66. The standard InChI is InChI=1S/C37H40FN3O6/c1-23-34(36(2,3)38)31(19-32(43)39-17-9-12-26(39)21-42)47-37(23)27-13-4-5-14-28(27)40(35(37)45)20-24-10-8-11-25(18-24)41-29-15-6-7-16-30(29)46-22-33(41)44/h4-8,10-11,13-16,18,23,26,31,34,42H,9,12,17,19-22H2,1-3H3/t23-,26+,31+,34-,37+/m1/s1. The molecule has 5 atom stereocenters. The highest BCUT2D eigenvalue weighted by Crippen LogP contribution is 2.58. The van der Waals surface area contributed by atoms with Crippen molar-refractivity contribution in [1.29, 1.82) is 0 Å². The van der Waals surface area contributed by atoms with Crippen molar-refractivity contribution in [2.75, 3.05) is 29.6 Å². The van der Waals surface area contributed by atoms with E-state index in [4.69, 9.17) is 9.47 Å². The Kier molecular flexibility index (Phi) is 7.83. The second-order valence-corrected chi connectivity index (χ2v) is 13.6. The van der Waals surface area contributed by atoms with Crippen LogP contribution in [0.15, 0.2) is 72.8 Å². The second-order valence-electron chi connectivity index (χ2n) is 13.6. The number of aliphatic hydroxyl groups is 1. The van der Waals surface area contributed by atoms with Crippen molar-refractivity contribution in [3.05, 3.63) is 83.9 Å². The summed E-state index contributed by atoms with van der Waals surface area (Å²) in [6, 6.07) is 22.0. The van der Waals surface area contributed by atoms with E-state index in [-0.39, 0.29) is 49.9 Å². The molecule has 47 heavy (non-hydrogen) atoms. The summed E-state index contributed by atoms with van der Waals surface area (Å²) in [6.07, 6.45) is 0.605. The van der Waals surface area contributed by atoms with Gasteiger partial charge in [-0.05, 0) is 62.6 Å². The summed E-state index contributed by atoms with van der Waals surface area (Å²) in [5.41, 5.74) is 0.207. The van der Waals surface area contributed by atoms with Gasteiger partial charge in [0.05, 0.1) is 43.1 Å². The van der Waals surface area contributed by atoms with E-state index in [0.29, 0.717) is 34.9 Å². The topological polar surface area (TPSA) is 99.6 Å². The maximum atomic E-state index is 16.1. The van der Waals surface area contributed by atoms with Crippen LogP contribution in [0, 0.1) is 11.8 Å². The highest BCUT2D eigenvalue weighted by molar-refractivity contribution is 6.08. The van der Waals surface area contributed by atoms with Gasteiger partial charge < -0.3 is 24.4 Å². The lowest BCUT2D eigenvalue weighted by molar-refractivity contribution is -0.150. The lowest BCUT2D eigenvalue weighted by Crippen LogP contribution is -2.45. The van der Waals surface area contributed by atoms with Crippen LogP contribution in [-0.4, -0.2) is 65.3 Å². The molecule has 7 rings (SSSR count). The van der Waals surface area contributed by atoms with Gasteiger partial charge in [-0.25, -0.2) is 4.39 Å². The van der Waals surface area contributed by atoms with Crippen LogP contribution in [0.1, 0.15) is 51.2 Å². The number of carbonyl (C=O) groups is 3. The van der Waals surface area contributed by atoms with Gasteiger partial charge in [-0.1, -0.05) is 49.4 Å². The van der Waals surface area contributed by atoms with Crippen LogP contribution in [0.5, 0.6) is 5.75 Å². The zero-order chi connectivity index (χ0) is 33.1. The van der Waals surface area contributed by atoms with Crippen LogP contribution in [0.2, 0.25) is 0 Å². The molecule has 1 spiro atoms. The first-order valence-electron chi connectivity index (χ1n) is 16.4. The van der Waals surface area contributed by atoms with Gasteiger partial charge in [-0.15, -0.1) is 0 Å². The van der Waals surface area contributed by atoms with E-state index in [0.717, 1.165) is 18.4 Å². The predicted molar refractivity (Wildman–Crippen MR) is 174 cm³/mol. The summed E-state index contributed by atoms with van der Waals surface area (Å²) < 4.78 is 28.5. The van der Waals surface area contributed by atoms with E-state index in [1.807, 2.05) is 79.7 Å². The zero-order valence-corrected chi connectivity index (χ0v) is 26.9. The van der Waals surface area contributed by atoms with Crippen molar-refractivity contribution in [3.63, 3.8) is 0 Å². The molecule has 3 aromatic rings. The van der Waals surface area contributed by atoms with Gasteiger partial charge in [0.1, 0.15) is 11.4 Å². The van der Waals surface area contributed by atoms with E-state index in [1.165, 1.54) is 13.8 Å². The van der Waals surface area contributed by atoms with Crippen LogP contribution < -0.4 is 14.5 Å². The molecule has 0 aromatic heterocycles. The molecule has 0 bridgehead atoms. The molecular formula is C37H40FN3O6. The molecule has 4 heterocycles. The number of nitrogens with zero attached hydrogens (tertiary/aromatic N) is 3. The molecule has 246 valence electrons. The SMILES string of the molecule is C[C@@H]1[C@@H](C(C)(C)F)[C@H](CC(=O)N2CCC[C@H]2CO)O[C@@]12C(=O)N(Cc1cccc(N3C(=O)COc4ccccc43)c1)c1ccccc12. The Morgan fingerprint density at radius 1 is 1.04 bits per heavy atom. The molecule has 0 aliphatic carbocycles. The average molecular weight is 642 g/mol. The number of carbonyl (C=O) groups excluding carboxylic acids is 3. The van der Waals surface area contributed by atoms with Crippen molar-refractivity contribution in [2.45, 2.75) is 70.0 Å². The molecule has 10 heteroatoms. The monoisotopic (exact) mass is 641 g/mol. The third kappa shape index (κ3) is 5.09. The summed E-state index contributed by atoms with van der Waals surface area (Å²) in [5, 5.41) is 9.82. The predicted octanol–water partition coefficient (Wildman–Crippen LogP) is 5.26. The van der Waals surface area contributed by atoms with Crippen molar-refractivity contribution in [3.8, 4) is 5.75 Å². The fourth-order valence-electron chi connectivity index (χ4n) is 8.36. The number of rotatable bonds is 7. The summed E-state index contributed by atoms with van der Waals surface area (Å²) in [7, 11) is 0. The van der Waals surface area contributed by atoms with Gasteiger partial charge >= 0.3 is 0 Å². The van der Waals surface area contributed by atoms with Crippen LogP contribution in [0.3, 0.4) is 0 Å². The minimum atomic E-state index is -1.74. The molecule has 4 aliphatic heterocycles. The third-order valence-electron chi connectivity index (χ3n) is 10.4. The van der Waals surface area contributed by atoms with Gasteiger partial charge in [-0.3, -0.25) is 19.3 Å². The number of alkyl halides is 1. The van der Waals surface area contributed by atoms with E-state index in [2.05, 4.69) is 0 Å². The van der Waals surface area contributed by atoms with E-state index >= 15 is 4.39 Å². The molecule has 0 unspecified atom stereocenters. The summed E-state index contributed by atoms with van der Waals surface area (Å²) in [6.45, 7) is 5.36. The van der Waals surface area contributed by atoms with Crippen LogP contribution in [-0.2, 0) is 31.3 Å². The number of likely N-dealkylation sites (tertiary alicyclic amines) is 1. The molecule has 2 fully saturated rings. The minimum absolute atomic E-state index is 0.0762. The molecular weight excluding hydrogens is 601 g/mol. The maximum absolute atomic E-state index is 16.1. The summed E-state index contributed by atoms with van der Waals surface area (Å²) >= 11 is 0. The van der Waals surface area contributed by atoms with E-state index < -0.39 is 29.2 Å². The Morgan fingerprint density at radius 2 is 1.79 bits per heavy atom. The number of amides is 3. The minimum Gasteiger partial charge on any atom is -0.482 e. The van der Waals surface area contributed by atoms with Gasteiger partial charge in [-0.2, -0.15) is 0 Å². The van der Waals surface area contributed by atoms with E-state index in [1.54, 1.807) is 14.7 Å². The highest BCUT2D eigenvalue weighted by atomic mass is 19.1. The number of benzene rings is 3. The van der Waals surface area contributed by atoms with Crippen molar-refractivity contribution in [1.82, 2.24) is 4.90 Å². The lowest BCUT2D eigenvalue weighted by Gasteiger charge is -2.33. The summed E-state index contributed by atoms with van der Waals surface area (Å²) in [5.74, 6) is -1.41. The zero-order valence-electron chi connectivity index (χ0n) is 26.9. The smallest absolute Gasteiger partial charge is 0.269 e. The first-order valence-corrected chi connectivity index (χ1v) is 16.4. The summed E-state index contributed by atoms with van der Waals surface area (Å²) in [4.78, 5) is 46.3. The van der Waals surface area contributed by atoms with Gasteiger partial charge in [0, 0.05) is 29.6 Å². The number of fused-ring (bicyclic) bond motifs is 3. The number of aliphatic hydroxyl groups excluding tert-OH is 1. The Labute approximate surface area is 273 Å².